The van der Waals surface area contributed by atoms with Crippen molar-refractivity contribution in [1.82, 2.24) is 0 Å². The molecule has 1 amide bonds. The molecule has 0 unspecified atom stereocenters. The monoisotopic (exact) mass is 246 g/mol. The molecule has 1 aromatic rings. The first-order valence-corrected chi connectivity index (χ1v) is 6.58. The van der Waals surface area contributed by atoms with Gasteiger partial charge in [-0.3, -0.25) is 4.79 Å². The van der Waals surface area contributed by atoms with Gasteiger partial charge in [-0.25, -0.2) is 0 Å². The third-order valence-corrected chi connectivity index (χ3v) is 4.16. The van der Waals surface area contributed by atoms with Crippen LogP contribution in [0.3, 0.4) is 0 Å². The normalized spacial score (nSPS) is 21.7. The molecule has 1 aliphatic carbocycles. The summed E-state index contributed by atoms with van der Waals surface area (Å²) in [5, 5.41) is 15.8. The number of benzene rings is 1. The predicted molar refractivity (Wildman–Crippen MR) is 70.7 cm³/mol. The Bertz CT molecular complexity index is 479. The number of fused-ring (bicyclic) bond motifs is 1. The van der Waals surface area contributed by atoms with Crippen molar-refractivity contribution in [2.24, 2.45) is 5.41 Å². The molecule has 18 heavy (non-hydrogen) atoms. The molecule has 3 N–H and O–H groups in total. The molecule has 4 nitrogen and oxygen atoms in total. The van der Waals surface area contributed by atoms with E-state index < -0.39 is 0 Å². The summed E-state index contributed by atoms with van der Waals surface area (Å²) in [4.78, 5) is 12.4. The SMILES string of the molecule is O=C1Nc2cc(O)ccc2NCC12CCCCC2. The highest BCUT2D eigenvalue weighted by Gasteiger charge is 2.41. The quantitative estimate of drug-likeness (QED) is 0.617. The number of hydrogen-bond donors (Lipinski definition) is 3. The van der Waals surface area contributed by atoms with Crippen molar-refractivity contribution in [3.63, 3.8) is 0 Å². The number of anilines is 2. The van der Waals surface area contributed by atoms with E-state index in [4.69, 9.17) is 0 Å². The fraction of sp³-hybridized carbons (Fsp3) is 0.500. The van der Waals surface area contributed by atoms with E-state index in [0.717, 1.165) is 31.4 Å². The summed E-state index contributed by atoms with van der Waals surface area (Å²) in [5.74, 6) is 0.273. The predicted octanol–water partition coefficient (Wildman–Crippen LogP) is 2.71. The lowest BCUT2D eigenvalue weighted by Gasteiger charge is -2.34. The first-order chi connectivity index (χ1) is 8.70. The molecule has 1 aromatic carbocycles. The Morgan fingerprint density at radius 3 is 2.67 bits per heavy atom. The number of aromatic hydroxyl groups is 1. The number of carbonyl (C=O) groups excluding carboxylic acids is 1. The zero-order valence-corrected chi connectivity index (χ0v) is 10.3. The Balaban J connectivity index is 1.92. The molecule has 1 fully saturated rings. The van der Waals surface area contributed by atoms with Gasteiger partial charge in [0.25, 0.3) is 0 Å². The van der Waals surface area contributed by atoms with Crippen LogP contribution >= 0.6 is 0 Å². The Hall–Kier alpha value is -1.71. The molecule has 4 heteroatoms. The maximum absolute atomic E-state index is 12.4. The summed E-state index contributed by atoms with van der Waals surface area (Å²) in [6, 6.07) is 5.05. The van der Waals surface area contributed by atoms with Crippen LogP contribution in [0.1, 0.15) is 32.1 Å². The molecular formula is C14H18N2O2. The van der Waals surface area contributed by atoms with E-state index in [0.29, 0.717) is 12.2 Å². The summed E-state index contributed by atoms with van der Waals surface area (Å²) < 4.78 is 0. The summed E-state index contributed by atoms with van der Waals surface area (Å²) in [6.07, 6.45) is 5.37. The molecule has 0 saturated heterocycles. The van der Waals surface area contributed by atoms with Gasteiger partial charge in [0.2, 0.25) is 5.91 Å². The van der Waals surface area contributed by atoms with Gasteiger partial charge in [0.1, 0.15) is 5.75 Å². The van der Waals surface area contributed by atoms with Crippen LogP contribution < -0.4 is 10.6 Å². The van der Waals surface area contributed by atoms with Gasteiger partial charge < -0.3 is 15.7 Å². The van der Waals surface area contributed by atoms with Gasteiger partial charge in [-0.15, -0.1) is 0 Å². The van der Waals surface area contributed by atoms with Gasteiger partial charge >= 0.3 is 0 Å². The van der Waals surface area contributed by atoms with Crippen LogP contribution in [0.2, 0.25) is 0 Å². The van der Waals surface area contributed by atoms with E-state index in [1.807, 2.05) is 6.07 Å². The van der Waals surface area contributed by atoms with Crippen molar-refractivity contribution in [3.05, 3.63) is 18.2 Å². The number of phenolic OH excluding ortho intramolecular Hbond substituents is 1. The molecule has 0 bridgehead atoms. The summed E-state index contributed by atoms with van der Waals surface area (Å²) in [6.45, 7) is 0.691. The van der Waals surface area contributed by atoms with E-state index in [2.05, 4.69) is 10.6 Å². The van der Waals surface area contributed by atoms with Gasteiger partial charge in [-0.2, -0.15) is 0 Å². The minimum absolute atomic E-state index is 0.0963. The summed E-state index contributed by atoms with van der Waals surface area (Å²) in [7, 11) is 0. The van der Waals surface area contributed by atoms with Gasteiger partial charge in [0.15, 0.2) is 0 Å². The fourth-order valence-electron chi connectivity index (χ4n) is 3.02. The fourth-order valence-corrected chi connectivity index (χ4v) is 3.02. The van der Waals surface area contributed by atoms with E-state index in [-0.39, 0.29) is 17.1 Å². The lowest BCUT2D eigenvalue weighted by Crippen LogP contribution is -2.41. The van der Waals surface area contributed by atoms with E-state index >= 15 is 0 Å². The highest BCUT2D eigenvalue weighted by molar-refractivity contribution is 6.00. The van der Waals surface area contributed by atoms with Crippen molar-refractivity contribution in [2.75, 3.05) is 17.2 Å². The van der Waals surface area contributed by atoms with Crippen LogP contribution in [-0.2, 0) is 4.79 Å². The number of carbonyl (C=O) groups is 1. The molecule has 0 radical (unpaired) electrons. The molecule has 0 atom stereocenters. The second-order valence-corrected chi connectivity index (χ2v) is 5.38. The molecule has 3 rings (SSSR count). The van der Waals surface area contributed by atoms with Crippen LogP contribution in [0.5, 0.6) is 5.75 Å². The van der Waals surface area contributed by atoms with E-state index in [9.17, 15) is 9.90 Å². The molecule has 0 aromatic heterocycles. The number of amides is 1. The van der Waals surface area contributed by atoms with Crippen molar-refractivity contribution < 1.29 is 9.90 Å². The van der Waals surface area contributed by atoms with Crippen LogP contribution in [0.25, 0.3) is 0 Å². The van der Waals surface area contributed by atoms with Gasteiger partial charge in [-0.05, 0) is 25.0 Å². The lowest BCUT2D eigenvalue weighted by molar-refractivity contribution is -0.126. The maximum Gasteiger partial charge on any atom is 0.232 e. The van der Waals surface area contributed by atoms with Gasteiger partial charge in [0, 0.05) is 12.6 Å². The van der Waals surface area contributed by atoms with Crippen LogP contribution in [0.4, 0.5) is 11.4 Å². The topological polar surface area (TPSA) is 61.4 Å². The highest BCUT2D eigenvalue weighted by atomic mass is 16.3. The molecule has 1 spiro atoms. The third-order valence-electron chi connectivity index (χ3n) is 4.16. The van der Waals surface area contributed by atoms with E-state index in [1.54, 1.807) is 12.1 Å². The molecule has 96 valence electrons. The number of hydrogen-bond acceptors (Lipinski definition) is 3. The molecule has 1 heterocycles. The Labute approximate surface area is 106 Å². The zero-order chi connectivity index (χ0) is 12.6. The Morgan fingerprint density at radius 1 is 1.11 bits per heavy atom. The van der Waals surface area contributed by atoms with Crippen molar-refractivity contribution in [3.8, 4) is 5.75 Å². The zero-order valence-electron chi connectivity index (χ0n) is 10.3. The summed E-state index contributed by atoms with van der Waals surface area (Å²) >= 11 is 0. The largest absolute Gasteiger partial charge is 0.508 e. The van der Waals surface area contributed by atoms with Crippen LogP contribution in [-0.4, -0.2) is 17.6 Å². The van der Waals surface area contributed by atoms with Crippen LogP contribution in [0.15, 0.2) is 18.2 Å². The molecule has 1 saturated carbocycles. The second kappa shape index (κ2) is 4.19. The first kappa shape index (κ1) is 11.4. The Morgan fingerprint density at radius 2 is 1.89 bits per heavy atom. The smallest absolute Gasteiger partial charge is 0.232 e. The van der Waals surface area contributed by atoms with Crippen molar-refractivity contribution >= 4 is 17.3 Å². The number of phenols is 1. The minimum Gasteiger partial charge on any atom is -0.508 e. The summed E-state index contributed by atoms with van der Waals surface area (Å²) in [5.41, 5.74) is 1.30. The number of nitrogens with one attached hydrogen (secondary N) is 2. The highest BCUT2D eigenvalue weighted by Crippen LogP contribution is 2.41. The molecule has 2 aliphatic rings. The van der Waals surface area contributed by atoms with Gasteiger partial charge in [0.05, 0.1) is 16.8 Å². The Kier molecular flexibility index (Phi) is 2.65. The van der Waals surface area contributed by atoms with E-state index in [1.165, 1.54) is 6.42 Å². The van der Waals surface area contributed by atoms with Crippen molar-refractivity contribution in [2.45, 2.75) is 32.1 Å². The average molecular weight is 246 g/mol. The standard InChI is InChI=1S/C14H18N2O2/c17-10-4-5-11-12(8-10)16-13(18)14(9-15-11)6-2-1-3-7-14/h4-5,8,15,17H,1-3,6-7,9H2,(H,16,18). The number of rotatable bonds is 0. The average Bonchev–Trinajstić information content (AvgIpc) is 2.50. The first-order valence-electron chi connectivity index (χ1n) is 6.58. The molecule has 1 aliphatic heterocycles. The third kappa shape index (κ3) is 1.82. The van der Waals surface area contributed by atoms with Crippen molar-refractivity contribution in [1.29, 1.82) is 0 Å². The lowest BCUT2D eigenvalue weighted by atomic mass is 9.73. The van der Waals surface area contributed by atoms with Gasteiger partial charge in [-0.1, -0.05) is 19.3 Å². The maximum atomic E-state index is 12.4. The molecular weight excluding hydrogens is 228 g/mol. The minimum atomic E-state index is -0.271. The van der Waals surface area contributed by atoms with Crippen LogP contribution in [0, 0.1) is 5.41 Å². The second-order valence-electron chi connectivity index (χ2n) is 5.38.